The first kappa shape index (κ1) is 14.6. The van der Waals surface area contributed by atoms with Crippen molar-refractivity contribution in [3.05, 3.63) is 0 Å². The zero-order valence-corrected chi connectivity index (χ0v) is 10.6. The van der Waals surface area contributed by atoms with Crippen molar-refractivity contribution in [3.8, 4) is 0 Å². The molecule has 18 heavy (non-hydrogen) atoms. The quantitative estimate of drug-likeness (QED) is 0.451. The minimum Gasteiger partial charge on any atom is -0.385 e. The lowest BCUT2D eigenvalue weighted by molar-refractivity contribution is -0.138. The maximum Gasteiger partial charge on any atom is 0.252 e. The highest BCUT2D eigenvalue weighted by molar-refractivity contribution is 6.06. The maximum absolute atomic E-state index is 11.7. The normalized spacial score (nSPS) is 21.3. The average Bonchev–Trinajstić information content (AvgIpc) is 2.57. The van der Waals surface area contributed by atoms with E-state index in [2.05, 4.69) is 5.32 Å². The highest BCUT2D eigenvalue weighted by atomic mass is 16.5. The van der Waals surface area contributed by atoms with E-state index in [0.29, 0.717) is 19.4 Å². The SMILES string of the molecule is COCCCC(N)C(=O)NC1CC(=O)N(C)C1=O. The summed E-state index contributed by atoms with van der Waals surface area (Å²) in [4.78, 5) is 35.5. The third-order valence-corrected chi connectivity index (χ3v) is 2.90. The zero-order valence-electron chi connectivity index (χ0n) is 10.6. The van der Waals surface area contributed by atoms with Crippen molar-refractivity contribution in [2.45, 2.75) is 31.3 Å². The molecule has 102 valence electrons. The van der Waals surface area contributed by atoms with Gasteiger partial charge in [0.05, 0.1) is 12.5 Å². The number of hydrogen-bond acceptors (Lipinski definition) is 5. The lowest BCUT2D eigenvalue weighted by Crippen LogP contribution is -2.48. The second kappa shape index (κ2) is 6.46. The van der Waals surface area contributed by atoms with Gasteiger partial charge in [0.1, 0.15) is 6.04 Å². The van der Waals surface area contributed by atoms with Crippen molar-refractivity contribution in [1.82, 2.24) is 10.2 Å². The molecule has 1 saturated heterocycles. The number of nitrogens with zero attached hydrogens (tertiary/aromatic N) is 1. The van der Waals surface area contributed by atoms with Crippen LogP contribution in [0.5, 0.6) is 0 Å². The van der Waals surface area contributed by atoms with E-state index in [0.717, 1.165) is 4.90 Å². The molecule has 3 N–H and O–H groups in total. The summed E-state index contributed by atoms with van der Waals surface area (Å²) in [6.45, 7) is 0.532. The molecule has 1 fully saturated rings. The Balaban J connectivity index is 2.40. The predicted octanol–water partition coefficient (Wildman–Crippen LogP) is -1.39. The Hall–Kier alpha value is -1.47. The topological polar surface area (TPSA) is 102 Å². The molecule has 0 saturated carbocycles. The number of rotatable bonds is 6. The fraction of sp³-hybridized carbons (Fsp3) is 0.727. The summed E-state index contributed by atoms with van der Waals surface area (Å²) in [5.74, 6) is -1.09. The van der Waals surface area contributed by atoms with Gasteiger partial charge in [-0.05, 0) is 12.8 Å². The summed E-state index contributed by atoms with van der Waals surface area (Å²) in [5, 5.41) is 2.50. The van der Waals surface area contributed by atoms with Crippen LogP contribution in [0.3, 0.4) is 0 Å². The van der Waals surface area contributed by atoms with Gasteiger partial charge >= 0.3 is 0 Å². The van der Waals surface area contributed by atoms with Crippen molar-refractivity contribution in [3.63, 3.8) is 0 Å². The van der Waals surface area contributed by atoms with Gasteiger partial charge in [0.25, 0.3) is 5.91 Å². The maximum atomic E-state index is 11.7. The third-order valence-electron chi connectivity index (χ3n) is 2.90. The Kier molecular flexibility index (Phi) is 5.24. The number of nitrogens with one attached hydrogen (secondary N) is 1. The van der Waals surface area contributed by atoms with Crippen molar-refractivity contribution >= 4 is 17.7 Å². The Morgan fingerprint density at radius 2 is 2.28 bits per heavy atom. The van der Waals surface area contributed by atoms with Crippen LogP contribution in [0.1, 0.15) is 19.3 Å². The number of carbonyl (C=O) groups excluding carboxylic acids is 3. The summed E-state index contributed by atoms with van der Waals surface area (Å²) < 4.78 is 4.86. The van der Waals surface area contributed by atoms with Crippen molar-refractivity contribution in [1.29, 1.82) is 0 Å². The fourth-order valence-electron chi connectivity index (χ4n) is 1.73. The highest BCUT2D eigenvalue weighted by Gasteiger charge is 2.37. The number of carbonyl (C=O) groups is 3. The summed E-state index contributed by atoms with van der Waals surface area (Å²) in [6.07, 6.45) is 1.15. The van der Waals surface area contributed by atoms with E-state index < -0.39 is 23.9 Å². The molecule has 2 atom stereocenters. The van der Waals surface area contributed by atoms with E-state index in [1.807, 2.05) is 0 Å². The highest BCUT2D eigenvalue weighted by Crippen LogP contribution is 2.10. The van der Waals surface area contributed by atoms with Crippen LogP contribution in [0.4, 0.5) is 0 Å². The molecule has 7 nitrogen and oxygen atoms in total. The number of likely N-dealkylation sites (tertiary alicyclic amines) is 1. The first-order valence-electron chi connectivity index (χ1n) is 5.82. The number of methoxy groups -OCH3 is 1. The summed E-state index contributed by atoms with van der Waals surface area (Å²) in [7, 11) is 2.97. The number of imide groups is 1. The molecule has 0 aromatic carbocycles. The van der Waals surface area contributed by atoms with E-state index in [1.54, 1.807) is 7.11 Å². The first-order chi connectivity index (χ1) is 8.47. The van der Waals surface area contributed by atoms with E-state index in [-0.39, 0.29) is 12.3 Å². The van der Waals surface area contributed by atoms with Crippen molar-refractivity contribution < 1.29 is 19.1 Å². The van der Waals surface area contributed by atoms with Gasteiger partial charge in [-0.25, -0.2) is 0 Å². The predicted molar refractivity (Wildman–Crippen MR) is 63.4 cm³/mol. The summed E-state index contributed by atoms with van der Waals surface area (Å²) in [6, 6.07) is -1.46. The van der Waals surface area contributed by atoms with Gasteiger partial charge in [-0.15, -0.1) is 0 Å². The largest absolute Gasteiger partial charge is 0.385 e. The second-order valence-electron chi connectivity index (χ2n) is 4.30. The number of amides is 3. The monoisotopic (exact) mass is 257 g/mol. The molecule has 0 bridgehead atoms. The van der Waals surface area contributed by atoms with Crippen LogP contribution >= 0.6 is 0 Å². The van der Waals surface area contributed by atoms with Gasteiger partial charge in [0.2, 0.25) is 11.8 Å². The zero-order chi connectivity index (χ0) is 13.7. The number of likely N-dealkylation sites (N-methyl/N-ethyl adjacent to an activating group) is 1. The van der Waals surface area contributed by atoms with Crippen LogP contribution in [-0.2, 0) is 19.1 Å². The molecule has 0 aromatic rings. The molecule has 0 aromatic heterocycles. The van der Waals surface area contributed by atoms with Crippen LogP contribution in [-0.4, -0.2) is 55.5 Å². The smallest absolute Gasteiger partial charge is 0.252 e. The summed E-state index contributed by atoms with van der Waals surface area (Å²) in [5.41, 5.74) is 5.67. The van der Waals surface area contributed by atoms with E-state index >= 15 is 0 Å². The van der Waals surface area contributed by atoms with Crippen molar-refractivity contribution in [2.75, 3.05) is 20.8 Å². The third kappa shape index (κ3) is 3.51. The molecule has 2 unspecified atom stereocenters. The second-order valence-corrected chi connectivity index (χ2v) is 4.30. The number of ether oxygens (including phenoxy) is 1. The van der Waals surface area contributed by atoms with Gasteiger partial charge in [0, 0.05) is 20.8 Å². The van der Waals surface area contributed by atoms with E-state index in [9.17, 15) is 14.4 Å². The Bertz CT molecular complexity index is 345. The molecule has 3 amide bonds. The van der Waals surface area contributed by atoms with E-state index in [4.69, 9.17) is 10.5 Å². The minimum absolute atomic E-state index is 0.00582. The molecule has 7 heteroatoms. The molecule has 1 aliphatic rings. The van der Waals surface area contributed by atoms with Crippen LogP contribution in [0.25, 0.3) is 0 Å². The average molecular weight is 257 g/mol. The molecule has 0 spiro atoms. The Morgan fingerprint density at radius 1 is 1.61 bits per heavy atom. The van der Waals surface area contributed by atoms with Gasteiger partial charge in [0.15, 0.2) is 0 Å². The lowest BCUT2D eigenvalue weighted by Gasteiger charge is -2.15. The lowest BCUT2D eigenvalue weighted by atomic mass is 10.1. The van der Waals surface area contributed by atoms with Gasteiger partial charge in [-0.3, -0.25) is 19.3 Å². The fourth-order valence-corrected chi connectivity index (χ4v) is 1.73. The standard InChI is InChI=1S/C11H19N3O4/c1-14-9(15)6-8(11(14)17)13-10(16)7(12)4-3-5-18-2/h7-8H,3-6,12H2,1-2H3,(H,13,16). The number of hydrogen-bond donors (Lipinski definition) is 2. The van der Waals surface area contributed by atoms with Gasteiger partial charge < -0.3 is 15.8 Å². The van der Waals surface area contributed by atoms with Crippen LogP contribution < -0.4 is 11.1 Å². The first-order valence-corrected chi connectivity index (χ1v) is 5.82. The molecule has 1 aliphatic heterocycles. The molecule has 1 rings (SSSR count). The number of nitrogens with two attached hydrogens (primary N) is 1. The van der Waals surface area contributed by atoms with Gasteiger partial charge in [-0.2, -0.15) is 0 Å². The van der Waals surface area contributed by atoms with Crippen LogP contribution in [0, 0.1) is 0 Å². The Labute approximate surface area is 106 Å². The molecule has 0 radical (unpaired) electrons. The van der Waals surface area contributed by atoms with Crippen molar-refractivity contribution in [2.24, 2.45) is 5.73 Å². The molecule has 0 aliphatic carbocycles. The van der Waals surface area contributed by atoms with E-state index in [1.165, 1.54) is 7.05 Å². The Morgan fingerprint density at radius 3 is 2.78 bits per heavy atom. The van der Waals surface area contributed by atoms with Crippen LogP contribution in [0.2, 0.25) is 0 Å². The summed E-state index contributed by atoms with van der Waals surface area (Å²) >= 11 is 0. The molecular weight excluding hydrogens is 238 g/mol. The molecular formula is C11H19N3O4. The van der Waals surface area contributed by atoms with Gasteiger partial charge in [-0.1, -0.05) is 0 Å². The molecule has 1 heterocycles. The minimum atomic E-state index is -0.775. The van der Waals surface area contributed by atoms with Crippen LogP contribution in [0.15, 0.2) is 0 Å².